The number of hydrogen-bond donors (Lipinski definition) is 0. The lowest BCUT2D eigenvalue weighted by molar-refractivity contribution is -0.129. The molecule has 33 heavy (non-hydrogen) atoms. The topological polar surface area (TPSA) is 74.2 Å². The Morgan fingerprint density at radius 1 is 1.03 bits per heavy atom. The summed E-state index contributed by atoms with van der Waals surface area (Å²) in [5.41, 5.74) is 2.46. The molecular weight excluding hydrogens is 465 g/mol. The first-order chi connectivity index (χ1) is 15.9. The summed E-state index contributed by atoms with van der Waals surface area (Å²) in [6, 6.07) is 17.0. The zero-order chi connectivity index (χ0) is 23.5. The van der Waals surface area contributed by atoms with Gasteiger partial charge in [0.05, 0.1) is 28.3 Å². The largest absolute Gasteiger partial charge is 0.493 e. The molecule has 0 aliphatic carbocycles. The number of aliphatic imine (C=N–C) groups is 1. The zero-order valence-corrected chi connectivity index (χ0v) is 19.1. The van der Waals surface area contributed by atoms with Crippen molar-refractivity contribution in [1.82, 2.24) is 0 Å². The Balaban J connectivity index is 1.63. The number of aryl methyl sites for hydroxylation is 1. The molecule has 0 unspecified atom stereocenters. The summed E-state index contributed by atoms with van der Waals surface area (Å²) in [6.45, 7) is 1.92. The number of hydrogen-bond acceptors (Lipinski definition) is 6. The van der Waals surface area contributed by atoms with Crippen molar-refractivity contribution in [2.24, 2.45) is 4.99 Å². The lowest BCUT2D eigenvalue weighted by Crippen LogP contribution is -2.09. The number of carbonyl (C=O) groups is 2. The van der Waals surface area contributed by atoms with Crippen LogP contribution in [-0.4, -0.2) is 24.9 Å². The van der Waals surface area contributed by atoms with Crippen LogP contribution in [0.25, 0.3) is 6.08 Å². The molecule has 4 rings (SSSR count). The number of benzene rings is 3. The fourth-order valence-corrected chi connectivity index (χ4v) is 3.55. The molecule has 0 N–H and O–H groups in total. The van der Waals surface area contributed by atoms with E-state index in [4.69, 9.17) is 37.4 Å². The van der Waals surface area contributed by atoms with E-state index in [0.717, 1.165) is 5.56 Å². The maximum atomic E-state index is 12.5. The van der Waals surface area contributed by atoms with Gasteiger partial charge in [-0.15, -0.1) is 0 Å². The summed E-state index contributed by atoms with van der Waals surface area (Å²) in [5.74, 6) is -0.805. The van der Waals surface area contributed by atoms with Crippen molar-refractivity contribution in [3.63, 3.8) is 0 Å². The quantitative estimate of drug-likeness (QED) is 0.258. The van der Waals surface area contributed by atoms with Gasteiger partial charge in [-0.3, -0.25) is 0 Å². The first-order valence-electron chi connectivity index (χ1n) is 9.79. The molecule has 0 aromatic heterocycles. The Morgan fingerprint density at radius 2 is 1.76 bits per heavy atom. The molecular formula is C25H17Cl2NO5. The highest BCUT2D eigenvalue weighted by Crippen LogP contribution is 2.38. The maximum absolute atomic E-state index is 12.5. The van der Waals surface area contributed by atoms with Crippen molar-refractivity contribution in [3.8, 4) is 11.5 Å². The van der Waals surface area contributed by atoms with Gasteiger partial charge in [0.1, 0.15) is 0 Å². The molecule has 6 nitrogen and oxygen atoms in total. The molecule has 0 spiro atoms. The summed E-state index contributed by atoms with van der Waals surface area (Å²) >= 11 is 12.5. The first kappa shape index (κ1) is 22.6. The van der Waals surface area contributed by atoms with Gasteiger partial charge in [0, 0.05) is 0 Å². The Labute approximate surface area is 200 Å². The van der Waals surface area contributed by atoms with E-state index in [1.165, 1.54) is 19.3 Å². The SMILES string of the molecule is COc1cc(/C=C2\N=C(c3ccccc3Cl)OC2=O)cc(Cl)c1OC(=O)c1ccc(C)cc1. The van der Waals surface area contributed by atoms with E-state index >= 15 is 0 Å². The minimum absolute atomic E-state index is 0.0624. The van der Waals surface area contributed by atoms with Crippen LogP contribution < -0.4 is 9.47 Å². The monoisotopic (exact) mass is 481 g/mol. The van der Waals surface area contributed by atoms with Gasteiger partial charge in [-0.2, -0.15) is 0 Å². The van der Waals surface area contributed by atoms with Crippen LogP contribution in [0.3, 0.4) is 0 Å². The molecule has 0 bridgehead atoms. The van der Waals surface area contributed by atoms with Crippen LogP contribution in [0, 0.1) is 6.92 Å². The number of esters is 2. The van der Waals surface area contributed by atoms with Crippen molar-refractivity contribution in [1.29, 1.82) is 0 Å². The van der Waals surface area contributed by atoms with Crippen molar-refractivity contribution in [2.75, 3.05) is 7.11 Å². The van der Waals surface area contributed by atoms with Gasteiger partial charge >= 0.3 is 11.9 Å². The van der Waals surface area contributed by atoms with E-state index in [0.29, 0.717) is 21.7 Å². The Kier molecular flexibility index (Phi) is 6.49. The predicted octanol–water partition coefficient (Wildman–Crippen LogP) is 5.87. The van der Waals surface area contributed by atoms with E-state index in [2.05, 4.69) is 4.99 Å². The number of cyclic esters (lactones) is 1. The van der Waals surface area contributed by atoms with Crippen LogP contribution in [-0.2, 0) is 9.53 Å². The molecule has 0 atom stereocenters. The molecule has 3 aromatic rings. The van der Waals surface area contributed by atoms with Gasteiger partial charge in [-0.1, -0.05) is 53.0 Å². The Bertz CT molecular complexity index is 1310. The lowest BCUT2D eigenvalue weighted by atomic mass is 10.1. The number of carbonyl (C=O) groups excluding carboxylic acids is 2. The first-order valence-corrected chi connectivity index (χ1v) is 10.5. The molecule has 166 valence electrons. The van der Waals surface area contributed by atoms with Crippen LogP contribution in [0.2, 0.25) is 10.0 Å². The molecule has 3 aromatic carbocycles. The van der Waals surface area contributed by atoms with Crippen LogP contribution in [0.5, 0.6) is 11.5 Å². The molecule has 0 saturated heterocycles. The Hall–Kier alpha value is -3.61. The number of nitrogens with zero attached hydrogens (tertiary/aromatic N) is 1. The van der Waals surface area contributed by atoms with Crippen molar-refractivity contribution < 1.29 is 23.8 Å². The average molecular weight is 482 g/mol. The summed E-state index contributed by atoms with van der Waals surface area (Å²) in [6.07, 6.45) is 1.49. The second-order valence-corrected chi connectivity index (χ2v) is 7.92. The summed E-state index contributed by atoms with van der Waals surface area (Å²) < 4.78 is 16.1. The highest BCUT2D eigenvalue weighted by atomic mass is 35.5. The molecule has 1 aliphatic heterocycles. The molecule has 0 saturated carbocycles. The van der Waals surface area contributed by atoms with Crippen LogP contribution in [0.1, 0.15) is 27.0 Å². The average Bonchev–Trinajstić information content (AvgIpc) is 3.15. The van der Waals surface area contributed by atoms with E-state index in [1.54, 1.807) is 42.5 Å². The van der Waals surface area contributed by atoms with Crippen molar-refractivity contribution in [2.45, 2.75) is 6.92 Å². The zero-order valence-electron chi connectivity index (χ0n) is 17.6. The minimum Gasteiger partial charge on any atom is -0.493 e. The van der Waals surface area contributed by atoms with E-state index < -0.39 is 11.9 Å². The van der Waals surface area contributed by atoms with Crippen molar-refractivity contribution >= 4 is 47.1 Å². The molecule has 0 amide bonds. The third kappa shape index (κ3) is 4.92. The van der Waals surface area contributed by atoms with Gasteiger partial charge in [0.2, 0.25) is 5.90 Å². The summed E-state index contributed by atoms with van der Waals surface area (Å²) in [5, 5.41) is 0.540. The maximum Gasteiger partial charge on any atom is 0.363 e. The van der Waals surface area contributed by atoms with Gasteiger partial charge in [0.25, 0.3) is 0 Å². The molecule has 0 radical (unpaired) electrons. The van der Waals surface area contributed by atoms with E-state index in [1.807, 2.05) is 19.1 Å². The molecule has 1 heterocycles. The molecule has 0 fully saturated rings. The number of halogens is 2. The number of rotatable bonds is 5. The summed E-state index contributed by atoms with van der Waals surface area (Å²) in [4.78, 5) is 29.1. The van der Waals surface area contributed by atoms with Gasteiger partial charge in [-0.05, 0) is 55.0 Å². The van der Waals surface area contributed by atoms with Crippen LogP contribution >= 0.6 is 23.2 Å². The third-order valence-corrected chi connectivity index (χ3v) is 5.37. The van der Waals surface area contributed by atoms with Crippen LogP contribution in [0.4, 0.5) is 0 Å². The third-order valence-electron chi connectivity index (χ3n) is 4.76. The fraction of sp³-hybridized carbons (Fsp3) is 0.0800. The smallest absolute Gasteiger partial charge is 0.363 e. The molecule has 8 heteroatoms. The minimum atomic E-state index is -0.630. The van der Waals surface area contributed by atoms with Gasteiger partial charge in [0.15, 0.2) is 17.2 Å². The van der Waals surface area contributed by atoms with Gasteiger partial charge in [-0.25, -0.2) is 14.6 Å². The predicted molar refractivity (Wildman–Crippen MR) is 126 cm³/mol. The number of ether oxygens (including phenoxy) is 3. The second kappa shape index (κ2) is 9.48. The number of methoxy groups -OCH3 is 1. The van der Waals surface area contributed by atoms with Crippen molar-refractivity contribution in [3.05, 3.63) is 98.7 Å². The fourth-order valence-electron chi connectivity index (χ4n) is 3.08. The van der Waals surface area contributed by atoms with E-state index in [9.17, 15) is 9.59 Å². The van der Waals surface area contributed by atoms with Gasteiger partial charge < -0.3 is 14.2 Å². The summed E-state index contributed by atoms with van der Waals surface area (Å²) in [7, 11) is 1.42. The lowest BCUT2D eigenvalue weighted by Gasteiger charge is -2.12. The highest BCUT2D eigenvalue weighted by Gasteiger charge is 2.26. The normalized spacial score (nSPS) is 14.1. The Morgan fingerprint density at radius 3 is 2.45 bits per heavy atom. The highest BCUT2D eigenvalue weighted by molar-refractivity contribution is 6.34. The van der Waals surface area contributed by atoms with E-state index in [-0.39, 0.29) is 28.1 Å². The standard InChI is InChI=1S/C25H17Cl2NO5/c1-14-7-9-16(10-8-14)24(29)32-22-19(27)11-15(13-21(22)31-2)12-20-25(30)33-23(28-20)17-5-3-4-6-18(17)26/h3-13H,1-2H3/b20-12-. The molecule has 1 aliphatic rings. The van der Waals surface area contributed by atoms with Crippen LogP contribution in [0.15, 0.2) is 71.4 Å². The second-order valence-electron chi connectivity index (χ2n) is 7.11.